The molecule has 1 aliphatic carbocycles. The summed E-state index contributed by atoms with van der Waals surface area (Å²) in [5.74, 6) is 0.899. The van der Waals surface area contributed by atoms with Crippen LogP contribution >= 0.6 is 0 Å². The molecular weight excluding hydrogens is 218 g/mol. The summed E-state index contributed by atoms with van der Waals surface area (Å²) in [6.07, 6.45) is 6.76. The molecule has 0 spiro atoms. The third kappa shape index (κ3) is 2.95. The molecule has 1 aliphatic rings. The Morgan fingerprint density at radius 1 is 1.00 bits per heavy atom. The van der Waals surface area contributed by atoms with Gasteiger partial charge in [0.05, 0.1) is 0 Å². The van der Waals surface area contributed by atoms with Gasteiger partial charge in [-0.25, -0.2) is 0 Å². The van der Waals surface area contributed by atoms with Gasteiger partial charge in [-0.05, 0) is 88.1 Å². The summed E-state index contributed by atoms with van der Waals surface area (Å²) in [5.41, 5.74) is 6.00. The molecule has 0 aromatic heterocycles. The molecule has 0 saturated heterocycles. The van der Waals surface area contributed by atoms with Crippen LogP contribution in [0.4, 0.5) is 0 Å². The van der Waals surface area contributed by atoms with E-state index in [1.165, 1.54) is 48.8 Å². The molecule has 2 rings (SSSR count). The van der Waals surface area contributed by atoms with E-state index in [-0.39, 0.29) is 0 Å². The molecule has 0 bridgehead atoms. The summed E-state index contributed by atoms with van der Waals surface area (Å²) in [4.78, 5) is 0. The van der Waals surface area contributed by atoms with Gasteiger partial charge in [0, 0.05) is 6.04 Å². The van der Waals surface area contributed by atoms with Gasteiger partial charge in [0.1, 0.15) is 0 Å². The second kappa shape index (κ2) is 5.88. The van der Waals surface area contributed by atoms with Crippen LogP contribution in [0.15, 0.2) is 12.1 Å². The van der Waals surface area contributed by atoms with Crippen molar-refractivity contribution in [1.29, 1.82) is 0 Å². The fourth-order valence-electron chi connectivity index (χ4n) is 3.20. The number of rotatable bonds is 3. The smallest absolute Gasteiger partial charge is 0.00642 e. The highest BCUT2D eigenvalue weighted by molar-refractivity contribution is 5.38. The first kappa shape index (κ1) is 13.6. The first-order valence-corrected chi connectivity index (χ1v) is 7.34. The summed E-state index contributed by atoms with van der Waals surface area (Å²) in [5, 5.41) is 3.42. The van der Waals surface area contributed by atoms with Crippen molar-refractivity contribution in [2.75, 3.05) is 7.05 Å². The molecule has 1 fully saturated rings. The number of aryl methyl sites for hydroxylation is 1. The van der Waals surface area contributed by atoms with Crippen molar-refractivity contribution < 1.29 is 0 Å². The lowest BCUT2D eigenvalue weighted by Gasteiger charge is -2.28. The van der Waals surface area contributed by atoms with Crippen molar-refractivity contribution in [3.8, 4) is 0 Å². The number of hydrogen-bond donors (Lipinski definition) is 1. The third-order valence-corrected chi connectivity index (χ3v) is 4.93. The predicted octanol–water partition coefficient (Wildman–Crippen LogP) is 3.93. The molecule has 1 aromatic carbocycles. The van der Waals surface area contributed by atoms with E-state index in [1.807, 2.05) is 0 Å². The van der Waals surface area contributed by atoms with E-state index in [1.54, 1.807) is 5.56 Å². The summed E-state index contributed by atoms with van der Waals surface area (Å²) in [6.45, 7) is 6.76. The van der Waals surface area contributed by atoms with Gasteiger partial charge in [-0.2, -0.15) is 0 Å². The van der Waals surface area contributed by atoms with Crippen molar-refractivity contribution in [3.63, 3.8) is 0 Å². The van der Waals surface area contributed by atoms with Crippen molar-refractivity contribution in [2.45, 2.75) is 58.9 Å². The van der Waals surface area contributed by atoms with E-state index >= 15 is 0 Å². The van der Waals surface area contributed by atoms with Crippen LogP contribution in [0.1, 0.15) is 47.9 Å². The Hall–Kier alpha value is -0.820. The van der Waals surface area contributed by atoms with Crippen LogP contribution in [0.5, 0.6) is 0 Å². The van der Waals surface area contributed by atoms with Crippen molar-refractivity contribution in [2.24, 2.45) is 5.92 Å². The van der Waals surface area contributed by atoms with Crippen LogP contribution in [0.25, 0.3) is 0 Å². The van der Waals surface area contributed by atoms with Crippen molar-refractivity contribution >= 4 is 0 Å². The average Bonchev–Trinajstić information content (AvgIpc) is 2.40. The average molecular weight is 245 g/mol. The first-order chi connectivity index (χ1) is 8.61. The Labute approximate surface area is 112 Å². The maximum Gasteiger partial charge on any atom is 0.00642 e. The molecule has 1 heteroatoms. The lowest BCUT2D eigenvalue weighted by molar-refractivity contribution is 0.300. The Morgan fingerprint density at radius 3 is 2.28 bits per heavy atom. The van der Waals surface area contributed by atoms with Crippen LogP contribution in [-0.4, -0.2) is 13.1 Å². The second-order valence-electron chi connectivity index (χ2n) is 6.00. The van der Waals surface area contributed by atoms with Crippen LogP contribution in [0.2, 0.25) is 0 Å². The molecule has 0 atom stereocenters. The van der Waals surface area contributed by atoms with E-state index in [0.717, 1.165) is 12.0 Å². The molecule has 0 radical (unpaired) electrons. The highest BCUT2D eigenvalue weighted by atomic mass is 14.9. The van der Waals surface area contributed by atoms with Gasteiger partial charge in [0.2, 0.25) is 0 Å². The van der Waals surface area contributed by atoms with E-state index in [2.05, 4.69) is 45.3 Å². The van der Waals surface area contributed by atoms with Crippen molar-refractivity contribution in [3.05, 3.63) is 34.4 Å². The van der Waals surface area contributed by atoms with Gasteiger partial charge in [-0.3, -0.25) is 0 Å². The minimum Gasteiger partial charge on any atom is -0.317 e. The van der Waals surface area contributed by atoms with Crippen LogP contribution in [-0.2, 0) is 6.42 Å². The Morgan fingerprint density at radius 2 is 1.67 bits per heavy atom. The van der Waals surface area contributed by atoms with Crippen LogP contribution in [0.3, 0.4) is 0 Å². The van der Waals surface area contributed by atoms with E-state index in [4.69, 9.17) is 0 Å². The fourth-order valence-corrected chi connectivity index (χ4v) is 3.20. The van der Waals surface area contributed by atoms with Gasteiger partial charge in [-0.1, -0.05) is 12.1 Å². The van der Waals surface area contributed by atoms with E-state index in [0.29, 0.717) is 0 Å². The van der Waals surface area contributed by atoms with E-state index in [9.17, 15) is 0 Å². The summed E-state index contributed by atoms with van der Waals surface area (Å²) in [6, 6.07) is 5.40. The largest absolute Gasteiger partial charge is 0.317 e. The summed E-state index contributed by atoms with van der Waals surface area (Å²) >= 11 is 0. The third-order valence-electron chi connectivity index (χ3n) is 4.93. The van der Waals surface area contributed by atoms with Gasteiger partial charge in [-0.15, -0.1) is 0 Å². The molecule has 1 aromatic rings. The van der Waals surface area contributed by atoms with Crippen LogP contribution < -0.4 is 5.32 Å². The lowest BCUT2D eigenvalue weighted by atomic mass is 9.81. The predicted molar refractivity (Wildman–Crippen MR) is 79.2 cm³/mol. The van der Waals surface area contributed by atoms with E-state index < -0.39 is 0 Å². The molecule has 0 amide bonds. The monoisotopic (exact) mass is 245 g/mol. The molecule has 1 saturated carbocycles. The Bertz CT molecular complexity index is 400. The standard InChI is InChI=1S/C17H27N/c1-12-5-8-16(14(3)13(12)2)11-15-6-9-17(18-4)10-7-15/h5,8,15,17-18H,6-7,9-11H2,1-4H3. The molecule has 0 unspecified atom stereocenters. The summed E-state index contributed by atoms with van der Waals surface area (Å²) in [7, 11) is 2.10. The molecule has 1 nitrogen and oxygen atoms in total. The highest BCUT2D eigenvalue weighted by Gasteiger charge is 2.20. The zero-order chi connectivity index (χ0) is 13.1. The number of hydrogen-bond acceptors (Lipinski definition) is 1. The molecule has 18 heavy (non-hydrogen) atoms. The minimum absolute atomic E-state index is 0.766. The maximum atomic E-state index is 3.42. The zero-order valence-corrected chi connectivity index (χ0v) is 12.3. The quantitative estimate of drug-likeness (QED) is 0.850. The maximum absolute atomic E-state index is 3.42. The molecule has 100 valence electrons. The first-order valence-electron chi connectivity index (χ1n) is 7.34. The SMILES string of the molecule is CNC1CCC(Cc2ccc(C)c(C)c2C)CC1. The van der Waals surface area contributed by atoms with Crippen LogP contribution in [0, 0.1) is 26.7 Å². The Kier molecular flexibility index (Phi) is 4.45. The van der Waals surface area contributed by atoms with Gasteiger partial charge >= 0.3 is 0 Å². The van der Waals surface area contributed by atoms with Gasteiger partial charge in [0.15, 0.2) is 0 Å². The molecule has 0 aliphatic heterocycles. The number of nitrogens with one attached hydrogen (secondary N) is 1. The molecular formula is C17H27N. The van der Waals surface area contributed by atoms with Gasteiger partial charge < -0.3 is 5.32 Å². The summed E-state index contributed by atoms with van der Waals surface area (Å²) < 4.78 is 0. The highest BCUT2D eigenvalue weighted by Crippen LogP contribution is 2.29. The van der Waals surface area contributed by atoms with Crippen molar-refractivity contribution in [1.82, 2.24) is 5.32 Å². The fraction of sp³-hybridized carbons (Fsp3) is 0.647. The normalized spacial score (nSPS) is 24.2. The molecule has 0 heterocycles. The second-order valence-corrected chi connectivity index (χ2v) is 6.00. The zero-order valence-electron chi connectivity index (χ0n) is 12.3. The topological polar surface area (TPSA) is 12.0 Å². The van der Waals surface area contributed by atoms with Gasteiger partial charge in [0.25, 0.3) is 0 Å². The molecule has 1 N–H and O–H groups in total. The Balaban J connectivity index is 2.00. The lowest BCUT2D eigenvalue weighted by Crippen LogP contribution is -2.30. The number of benzene rings is 1. The minimum atomic E-state index is 0.766.